The maximum atomic E-state index is 12.1. The van der Waals surface area contributed by atoms with Gasteiger partial charge in [-0.2, -0.15) is 0 Å². The zero-order valence-electron chi connectivity index (χ0n) is 10.6. The number of carbonyl (C=O) groups excluding carboxylic acids is 1. The first-order valence-corrected chi connectivity index (χ1v) is 7.57. The Hall–Kier alpha value is -1.56. The molecule has 7 heteroatoms. The smallest absolute Gasteiger partial charge is 0.270 e. The molecule has 0 aliphatic carbocycles. The van der Waals surface area contributed by atoms with Gasteiger partial charge in [0.2, 0.25) is 0 Å². The molecule has 0 unspecified atom stereocenters. The lowest BCUT2D eigenvalue weighted by atomic mass is 10.1. The van der Waals surface area contributed by atoms with E-state index in [0.29, 0.717) is 20.5 Å². The van der Waals surface area contributed by atoms with E-state index in [0.717, 1.165) is 0 Å². The SMILES string of the molecule is O=C(CSc1cc(Cl)ccc1Cl)c1cccc([N+](=O)[O-])c1. The predicted molar refractivity (Wildman–Crippen MR) is 84.6 cm³/mol. The van der Waals surface area contributed by atoms with Gasteiger partial charge in [0, 0.05) is 27.6 Å². The van der Waals surface area contributed by atoms with Crippen LogP contribution in [0.5, 0.6) is 0 Å². The molecule has 0 atom stereocenters. The van der Waals surface area contributed by atoms with Crippen molar-refractivity contribution in [2.24, 2.45) is 0 Å². The summed E-state index contributed by atoms with van der Waals surface area (Å²) in [6, 6.07) is 10.6. The summed E-state index contributed by atoms with van der Waals surface area (Å²) in [7, 11) is 0. The van der Waals surface area contributed by atoms with Crippen LogP contribution in [-0.4, -0.2) is 16.5 Å². The zero-order valence-corrected chi connectivity index (χ0v) is 12.9. The second-order valence-electron chi connectivity index (χ2n) is 4.09. The molecule has 0 aromatic heterocycles. The Morgan fingerprint density at radius 3 is 2.67 bits per heavy atom. The summed E-state index contributed by atoms with van der Waals surface area (Å²) >= 11 is 13.1. The molecule has 0 fully saturated rings. The maximum Gasteiger partial charge on any atom is 0.270 e. The van der Waals surface area contributed by atoms with Crippen molar-refractivity contribution >= 4 is 46.4 Å². The van der Waals surface area contributed by atoms with Crippen LogP contribution in [0.3, 0.4) is 0 Å². The minimum Gasteiger partial charge on any atom is -0.293 e. The molecule has 0 heterocycles. The number of non-ortho nitro benzene ring substituents is 1. The molecular weight excluding hydrogens is 333 g/mol. The molecule has 0 bridgehead atoms. The summed E-state index contributed by atoms with van der Waals surface area (Å²) in [5.74, 6) is -0.0824. The Morgan fingerprint density at radius 1 is 1.19 bits per heavy atom. The van der Waals surface area contributed by atoms with E-state index in [1.807, 2.05) is 0 Å². The second-order valence-corrected chi connectivity index (χ2v) is 5.95. The van der Waals surface area contributed by atoms with Crippen molar-refractivity contribution in [3.8, 4) is 0 Å². The second kappa shape index (κ2) is 6.93. The summed E-state index contributed by atoms with van der Waals surface area (Å²) < 4.78 is 0. The highest BCUT2D eigenvalue weighted by molar-refractivity contribution is 8.00. The van der Waals surface area contributed by atoms with Gasteiger partial charge in [-0.1, -0.05) is 35.3 Å². The van der Waals surface area contributed by atoms with Crippen molar-refractivity contribution < 1.29 is 9.72 Å². The normalized spacial score (nSPS) is 10.4. The van der Waals surface area contributed by atoms with Crippen molar-refractivity contribution in [3.05, 3.63) is 68.2 Å². The van der Waals surface area contributed by atoms with Crippen LogP contribution in [0.25, 0.3) is 0 Å². The van der Waals surface area contributed by atoms with Gasteiger partial charge in [0.1, 0.15) is 0 Å². The topological polar surface area (TPSA) is 60.2 Å². The molecular formula is C14H9Cl2NO3S. The first-order valence-electron chi connectivity index (χ1n) is 5.83. The van der Waals surface area contributed by atoms with E-state index < -0.39 is 4.92 Å². The number of nitro groups is 1. The first kappa shape index (κ1) is 15.8. The Labute approximate surface area is 135 Å². The number of Topliss-reactive ketones (excluding diaryl/α,β-unsaturated/α-hetero) is 1. The van der Waals surface area contributed by atoms with E-state index in [4.69, 9.17) is 23.2 Å². The average molecular weight is 342 g/mol. The van der Waals surface area contributed by atoms with Gasteiger partial charge in [-0.15, -0.1) is 11.8 Å². The fourth-order valence-electron chi connectivity index (χ4n) is 1.61. The fourth-order valence-corrected chi connectivity index (χ4v) is 2.99. The molecule has 2 rings (SSSR count). The number of thioether (sulfide) groups is 1. The van der Waals surface area contributed by atoms with E-state index in [2.05, 4.69) is 0 Å². The van der Waals surface area contributed by atoms with Gasteiger partial charge in [-0.25, -0.2) is 0 Å². The molecule has 2 aromatic carbocycles. The number of halogens is 2. The van der Waals surface area contributed by atoms with Crippen LogP contribution in [0.1, 0.15) is 10.4 Å². The molecule has 0 N–H and O–H groups in total. The number of hydrogen-bond donors (Lipinski definition) is 0. The van der Waals surface area contributed by atoms with Crippen molar-refractivity contribution in [2.45, 2.75) is 4.90 Å². The van der Waals surface area contributed by atoms with Crippen molar-refractivity contribution in [1.82, 2.24) is 0 Å². The number of nitro benzene ring substituents is 1. The van der Waals surface area contributed by atoms with Gasteiger partial charge < -0.3 is 0 Å². The van der Waals surface area contributed by atoms with Gasteiger partial charge in [0.15, 0.2) is 5.78 Å². The largest absolute Gasteiger partial charge is 0.293 e. The zero-order chi connectivity index (χ0) is 15.4. The minimum atomic E-state index is -0.530. The van der Waals surface area contributed by atoms with E-state index in [9.17, 15) is 14.9 Å². The van der Waals surface area contributed by atoms with Gasteiger partial charge in [-0.3, -0.25) is 14.9 Å². The molecule has 0 amide bonds. The standard InChI is InChI=1S/C14H9Cl2NO3S/c15-10-4-5-12(16)14(7-10)21-8-13(18)9-2-1-3-11(6-9)17(19)20/h1-7H,8H2. The third-order valence-electron chi connectivity index (χ3n) is 2.63. The Bertz CT molecular complexity index is 706. The van der Waals surface area contributed by atoms with Crippen LogP contribution in [0.2, 0.25) is 10.0 Å². The lowest BCUT2D eigenvalue weighted by Crippen LogP contribution is -2.03. The van der Waals surface area contributed by atoms with Gasteiger partial charge in [0.05, 0.1) is 15.7 Å². The van der Waals surface area contributed by atoms with E-state index in [1.54, 1.807) is 24.3 Å². The van der Waals surface area contributed by atoms with Crippen LogP contribution in [-0.2, 0) is 0 Å². The number of carbonyl (C=O) groups is 1. The molecule has 108 valence electrons. The minimum absolute atomic E-state index is 0.105. The third kappa shape index (κ3) is 4.20. The van der Waals surface area contributed by atoms with Gasteiger partial charge in [-0.05, 0) is 18.2 Å². The third-order valence-corrected chi connectivity index (χ3v) is 4.36. The van der Waals surface area contributed by atoms with E-state index >= 15 is 0 Å². The van der Waals surface area contributed by atoms with Crippen LogP contribution in [0.4, 0.5) is 5.69 Å². The lowest BCUT2D eigenvalue weighted by molar-refractivity contribution is -0.384. The highest BCUT2D eigenvalue weighted by Gasteiger charge is 2.12. The number of ketones is 1. The van der Waals surface area contributed by atoms with Crippen molar-refractivity contribution in [1.29, 1.82) is 0 Å². The summed E-state index contributed by atoms with van der Waals surface area (Å²) in [5.41, 5.74) is 0.196. The van der Waals surface area contributed by atoms with Crippen molar-refractivity contribution in [3.63, 3.8) is 0 Å². The Morgan fingerprint density at radius 2 is 1.95 bits per heavy atom. The summed E-state index contributed by atoms with van der Waals surface area (Å²) in [4.78, 5) is 22.9. The number of rotatable bonds is 5. The van der Waals surface area contributed by atoms with E-state index in [-0.39, 0.29) is 17.2 Å². The molecule has 0 radical (unpaired) electrons. The quantitative estimate of drug-likeness (QED) is 0.336. The maximum absolute atomic E-state index is 12.1. The van der Waals surface area contributed by atoms with Gasteiger partial charge >= 0.3 is 0 Å². The van der Waals surface area contributed by atoms with Crippen LogP contribution in [0.15, 0.2) is 47.4 Å². The van der Waals surface area contributed by atoms with Crippen LogP contribution < -0.4 is 0 Å². The Balaban J connectivity index is 2.10. The Kier molecular flexibility index (Phi) is 5.22. The summed E-state index contributed by atoms with van der Waals surface area (Å²) in [6.07, 6.45) is 0. The monoisotopic (exact) mass is 341 g/mol. The average Bonchev–Trinajstić information content (AvgIpc) is 2.48. The number of hydrogen-bond acceptors (Lipinski definition) is 4. The number of nitrogens with zero attached hydrogens (tertiary/aromatic N) is 1. The molecule has 0 aliphatic rings. The highest BCUT2D eigenvalue weighted by atomic mass is 35.5. The molecule has 4 nitrogen and oxygen atoms in total. The van der Waals surface area contributed by atoms with Gasteiger partial charge in [0.25, 0.3) is 5.69 Å². The number of benzene rings is 2. The molecule has 21 heavy (non-hydrogen) atoms. The lowest BCUT2D eigenvalue weighted by Gasteiger charge is -2.04. The predicted octanol–water partition coefficient (Wildman–Crippen LogP) is 4.88. The molecule has 2 aromatic rings. The first-order chi connectivity index (χ1) is 9.97. The summed E-state index contributed by atoms with van der Waals surface area (Å²) in [5, 5.41) is 11.7. The van der Waals surface area contributed by atoms with E-state index in [1.165, 1.54) is 30.0 Å². The highest BCUT2D eigenvalue weighted by Crippen LogP contribution is 2.30. The fraction of sp³-hybridized carbons (Fsp3) is 0.0714. The molecule has 0 spiro atoms. The van der Waals surface area contributed by atoms with Crippen LogP contribution in [0, 0.1) is 10.1 Å². The van der Waals surface area contributed by atoms with Crippen LogP contribution >= 0.6 is 35.0 Å². The van der Waals surface area contributed by atoms with Crippen molar-refractivity contribution in [2.75, 3.05) is 5.75 Å². The molecule has 0 saturated carbocycles. The molecule has 0 saturated heterocycles. The molecule has 0 aliphatic heterocycles. The summed E-state index contributed by atoms with van der Waals surface area (Å²) in [6.45, 7) is 0.